The van der Waals surface area contributed by atoms with Crippen LogP contribution >= 0.6 is 0 Å². The molecular weight excluding hydrogens is 392 g/mol. The Morgan fingerprint density at radius 2 is 1.30 bits per heavy atom. The van der Waals surface area contributed by atoms with Gasteiger partial charge in [-0.3, -0.25) is 25.1 Å². The predicted molar refractivity (Wildman–Crippen MR) is 113 cm³/mol. The fraction of sp³-hybridized carbons (Fsp3) is 0.350. The monoisotopic (exact) mass is 416 g/mol. The number of amides is 1. The molecule has 0 unspecified atom stereocenters. The van der Waals surface area contributed by atoms with Gasteiger partial charge < -0.3 is 9.64 Å². The highest BCUT2D eigenvalue weighted by Gasteiger charge is 2.24. The van der Waals surface area contributed by atoms with Crippen molar-refractivity contribution in [2.24, 2.45) is 0 Å². The van der Waals surface area contributed by atoms with Crippen molar-refractivity contribution in [2.45, 2.75) is 26.4 Å². The lowest BCUT2D eigenvalue weighted by atomic mass is 10.2. The summed E-state index contributed by atoms with van der Waals surface area (Å²) in [6.45, 7) is 5.89. The minimum atomic E-state index is -0.708. The fourth-order valence-electron chi connectivity index (χ4n) is 2.61. The summed E-state index contributed by atoms with van der Waals surface area (Å²) in [5.74, 6) is 0. The summed E-state index contributed by atoms with van der Waals surface area (Å²) in [6, 6.07) is 11.7. The van der Waals surface area contributed by atoms with Gasteiger partial charge >= 0.3 is 6.09 Å². The van der Waals surface area contributed by atoms with Crippen molar-refractivity contribution in [1.29, 1.82) is 0 Å². The van der Waals surface area contributed by atoms with Crippen LogP contribution in [0.5, 0.6) is 0 Å². The highest BCUT2D eigenvalue weighted by atomic mass is 16.6. The molecule has 1 amide bonds. The van der Waals surface area contributed by atoms with Gasteiger partial charge in [-0.15, -0.1) is 0 Å². The van der Waals surface area contributed by atoms with E-state index in [0.717, 1.165) is 5.69 Å². The van der Waals surface area contributed by atoms with E-state index in [1.807, 2.05) is 4.90 Å². The Morgan fingerprint density at radius 1 is 0.867 bits per heavy atom. The van der Waals surface area contributed by atoms with E-state index in [9.17, 15) is 25.0 Å². The van der Waals surface area contributed by atoms with Gasteiger partial charge in [0.2, 0.25) is 0 Å². The zero-order valence-corrected chi connectivity index (χ0v) is 17.3. The molecule has 0 aliphatic rings. The van der Waals surface area contributed by atoms with Crippen molar-refractivity contribution in [1.82, 2.24) is 0 Å². The summed E-state index contributed by atoms with van der Waals surface area (Å²) in [7, 11) is 1.80. The van der Waals surface area contributed by atoms with Crippen LogP contribution in [0.3, 0.4) is 0 Å². The summed E-state index contributed by atoms with van der Waals surface area (Å²) < 4.78 is 5.47. The highest BCUT2D eigenvalue weighted by molar-refractivity contribution is 5.88. The van der Waals surface area contributed by atoms with Gasteiger partial charge in [0.15, 0.2) is 0 Å². The molecule has 2 aromatic carbocycles. The lowest BCUT2D eigenvalue weighted by Crippen LogP contribution is -2.41. The van der Waals surface area contributed by atoms with E-state index < -0.39 is 21.5 Å². The molecule has 0 fully saturated rings. The van der Waals surface area contributed by atoms with Crippen LogP contribution in [0, 0.1) is 20.2 Å². The molecule has 160 valence electrons. The molecule has 0 saturated carbocycles. The summed E-state index contributed by atoms with van der Waals surface area (Å²) in [5.41, 5.74) is 0.417. The first kappa shape index (κ1) is 22.6. The third kappa shape index (κ3) is 6.16. The van der Waals surface area contributed by atoms with E-state index in [4.69, 9.17) is 4.74 Å². The van der Waals surface area contributed by atoms with Crippen LogP contribution in [0.4, 0.5) is 27.5 Å². The number of nitro benzene ring substituents is 2. The van der Waals surface area contributed by atoms with Gasteiger partial charge in [0.1, 0.15) is 5.60 Å². The van der Waals surface area contributed by atoms with Crippen molar-refractivity contribution < 1.29 is 19.4 Å². The van der Waals surface area contributed by atoms with Gasteiger partial charge in [0.25, 0.3) is 11.4 Å². The smallest absolute Gasteiger partial charge is 0.414 e. The Morgan fingerprint density at radius 3 is 1.70 bits per heavy atom. The number of non-ortho nitro benzene ring substituents is 2. The SMILES string of the molecule is CN(CCN(C(=O)OC(C)(C)C)c1ccc([N+](=O)[O-])cc1)c1ccc([N+](=O)[O-])cc1. The van der Waals surface area contributed by atoms with Crippen molar-refractivity contribution in [3.05, 3.63) is 68.8 Å². The Kier molecular flexibility index (Phi) is 6.93. The minimum Gasteiger partial charge on any atom is -0.443 e. The third-order valence-electron chi connectivity index (χ3n) is 4.15. The lowest BCUT2D eigenvalue weighted by Gasteiger charge is -2.29. The highest BCUT2D eigenvalue weighted by Crippen LogP contribution is 2.23. The first-order valence-electron chi connectivity index (χ1n) is 9.18. The quantitative estimate of drug-likeness (QED) is 0.485. The Hall–Kier alpha value is -3.69. The van der Waals surface area contributed by atoms with Crippen LogP contribution in [0.25, 0.3) is 0 Å². The number of hydrogen-bond donors (Lipinski definition) is 0. The predicted octanol–water partition coefficient (Wildman–Crippen LogP) is 4.38. The van der Waals surface area contributed by atoms with Crippen molar-refractivity contribution in [3.8, 4) is 0 Å². The van der Waals surface area contributed by atoms with Gasteiger partial charge in [-0.2, -0.15) is 0 Å². The molecule has 0 aromatic heterocycles. The van der Waals surface area contributed by atoms with Gasteiger partial charge in [-0.1, -0.05) is 0 Å². The number of carbonyl (C=O) groups excluding carboxylic acids is 1. The molecule has 0 bridgehead atoms. The number of nitro groups is 2. The summed E-state index contributed by atoms with van der Waals surface area (Å²) >= 11 is 0. The lowest BCUT2D eigenvalue weighted by molar-refractivity contribution is -0.385. The maximum Gasteiger partial charge on any atom is 0.414 e. The zero-order valence-electron chi connectivity index (χ0n) is 17.3. The van der Waals surface area contributed by atoms with E-state index in [2.05, 4.69) is 0 Å². The average molecular weight is 416 g/mol. The van der Waals surface area contributed by atoms with Crippen molar-refractivity contribution in [3.63, 3.8) is 0 Å². The Labute approximate surface area is 174 Å². The number of hydrogen-bond acceptors (Lipinski definition) is 7. The molecule has 0 N–H and O–H groups in total. The standard InChI is InChI=1S/C20H24N4O6/c1-20(2,3)30-19(25)22(16-7-11-18(12-8-16)24(28)29)14-13-21(4)15-5-9-17(10-6-15)23(26)27/h5-12H,13-14H2,1-4H3. The van der Waals surface area contributed by atoms with E-state index in [1.165, 1.54) is 41.3 Å². The number of ether oxygens (including phenoxy) is 1. The van der Waals surface area contributed by atoms with E-state index >= 15 is 0 Å². The second-order valence-corrected chi connectivity index (χ2v) is 7.60. The normalized spacial score (nSPS) is 10.9. The van der Waals surface area contributed by atoms with Crippen LogP contribution < -0.4 is 9.80 Å². The summed E-state index contributed by atoms with van der Waals surface area (Å²) in [6.07, 6.45) is -0.576. The van der Waals surface area contributed by atoms with E-state index in [-0.39, 0.29) is 17.9 Å². The zero-order chi connectivity index (χ0) is 22.5. The van der Waals surface area contributed by atoms with E-state index in [1.54, 1.807) is 40.0 Å². The maximum atomic E-state index is 12.7. The largest absolute Gasteiger partial charge is 0.443 e. The Bertz CT molecular complexity index is 906. The van der Waals surface area contributed by atoms with Crippen LogP contribution in [0.15, 0.2) is 48.5 Å². The molecule has 10 heteroatoms. The first-order valence-corrected chi connectivity index (χ1v) is 9.18. The molecule has 10 nitrogen and oxygen atoms in total. The van der Waals surface area contributed by atoms with Gasteiger partial charge in [0.05, 0.1) is 9.85 Å². The number of benzene rings is 2. The van der Waals surface area contributed by atoms with Crippen molar-refractivity contribution in [2.75, 3.05) is 29.9 Å². The third-order valence-corrected chi connectivity index (χ3v) is 4.15. The molecular formula is C20H24N4O6. The second kappa shape index (κ2) is 9.21. The van der Waals surface area contributed by atoms with Gasteiger partial charge in [-0.05, 0) is 45.0 Å². The molecule has 2 aromatic rings. The molecule has 0 saturated heterocycles. The molecule has 0 aliphatic carbocycles. The second-order valence-electron chi connectivity index (χ2n) is 7.60. The van der Waals surface area contributed by atoms with Crippen molar-refractivity contribution >= 4 is 28.8 Å². The summed E-state index contributed by atoms with van der Waals surface area (Å²) in [5, 5.41) is 21.7. The van der Waals surface area contributed by atoms with E-state index in [0.29, 0.717) is 12.2 Å². The van der Waals surface area contributed by atoms with Gasteiger partial charge in [0, 0.05) is 55.8 Å². The first-order chi connectivity index (χ1) is 14.0. The van der Waals surface area contributed by atoms with Crippen LogP contribution in [0.1, 0.15) is 20.8 Å². The van der Waals surface area contributed by atoms with Crippen LogP contribution in [0.2, 0.25) is 0 Å². The molecule has 0 spiro atoms. The van der Waals surface area contributed by atoms with Crippen LogP contribution in [-0.4, -0.2) is 41.7 Å². The fourth-order valence-corrected chi connectivity index (χ4v) is 2.61. The molecule has 2 rings (SSSR count). The molecule has 30 heavy (non-hydrogen) atoms. The van der Waals surface area contributed by atoms with Crippen LogP contribution in [-0.2, 0) is 4.74 Å². The number of rotatable bonds is 7. The number of carbonyl (C=O) groups is 1. The van der Waals surface area contributed by atoms with Gasteiger partial charge in [-0.25, -0.2) is 4.79 Å². The maximum absolute atomic E-state index is 12.7. The minimum absolute atomic E-state index is 0.00610. The molecule has 0 radical (unpaired) electrons. The summed E-state index contributed by atoms with van der Waals surface area (Å²) in [4.78, 5) is 36.7. The number of likely N-dealkylation sites (N-methyl/N-ethyl adjacent to an activating group) is 1. The Balaban J connectivity index is 2.18. The topological polar surface area (TPSA) is 119 Å². The molecule has 0 atom stereocenters. The average Bonchev–Trinajstić information content (AvgIpc) is 2.67. The number of anilines is 2. The molecule has 0 aliphatic heterocycles. The molecule has 0 heterocycles. The number of nitrogens with zero attached hydrogens (tertiary/aromatic N) is 4.